The highest BCUT2D eigenvalue weighted by atomic mass is 32.1. The smallest absolute Gasteiger partial charge is 0.204 e. The fraction of sp³-hybridized carbons (Fsp3) is 0.0222. The highest BCUT2D eigenvalue weighted by Crippen LogP contribution is 2.44. The fourth-order valence-electron chi connectivity index (χ4n) is 7.86. The summed E-state index contributed by atoms with van der Waals surface area (Å²) < 4.78 is 11.7. The lowest BCUT2D eigenvalue weighted by Crippen LogP contribution is -2.36. The Balaban J connectivity index is 1.15. The van der Waals surface area contributed by atoms with Gasteiger partial charge in [0.15, 0.2) is 5.84 Å². The molecule has 0 bridgehead atoms. The molecule has 5 nitrogen and oxygen atoms in total. The van der Waals surface area contributed by atoms with Crippen molar-refractivity contribution >= 4 is 86.9 Å². The maximum Gasteiger partial charge on any atom is 0.204 e. The van der Waals surface area contributed by atoms with E-state index < -0.39 is 6.29 Å². The van der Waals surface area contributed by atoms with E-state index in [0.717, 1.165) is 55.5 Å². The van der Waals surface area contributed by atoms with Crippen molar-refractivity contribution < 1.29 is 4.42 Å². The van der Waals surface area contributed by atoms with Crippen LogP contribution in [0.25, 0.3) is 75.0 Å². The number of nitrogens with one attached hydrogen (secondary N) is 1. The predicted octanol–water partition coefficient (Wildman–Crippen LogP) is 11.7. The highest BCUT2D eigenvalue weighted by molar-refractivity contribution is 7.26. The first-order chi connectivity index (χ1) is 25.3. The molecule has 7 aromatic carbocycles. The fourth-order valence-corrected chi connectivity index (χ4v) is 9.09. The summed E-state index contributed by atoms with van der Waals surface area (Å²) in [5, 5.41) is 10.8. The number of nitrogens with zero attached hydrogens (tertiary/aromatic N) is 3. The van der Waals surface area contributed by atoms with E-state index in [1.54, 1.807) is 0 Å². The maximum absolute atomic E-state index is 6.80. The van der Waals surface area contributed by atoms with Crippen molar-refractivity contribution in [2.45, 2.75) is 6.29 Å². The molecule has 1 aliphatic rings. The van der Waals surface area contributed by atoms with E-state index in [1.165, 1.54) is 36.5 Å². The molecule has 1 atom stereocenters. The van der Waals surface area contributed by atoms with Gasteiger partial charge >= 0.3 is 0 Å². The van der Waals surface area contributed by atoms with E-state index in [4.69, 9.17) is 14.4 Å². The molecule has 4 heterocycles. The van der Waals surface area contributed by atoms with Crippen molar-refractivity contribution in [3.8, 4) is 11.1 Å². The molecule has 0 saturated carbocycles. The van der Waals surface area contributed by atoms with Gasteiger partial charge in [0.2, 0.25) is 6.29 Å². The summed E-state index contributed by atoms with van der Waals surface area (Å²) in [6, 6.07) is 55.3. The molecule has 0 saturated heterocycles. The molecule has 1 unspecified atom stereocenters. The van der Waals surface area contributed by atoms with Crippen LogP contribution in [0, 0.1) is 0 Å². The van der Waals surface area contributed by atoms with E-state index in [9.17, 15) is 0 Å². The first-order valence-corrected chi connectivity index (χ1v) is 17.9. The number of aliphatic imine (C=N–C) groups is 2. The summed E-state index contributed by atoms with van der Waals surface area (Å²) in [6.45, 7) is 0. The zero-order chi connectivity index (χ0) is 33.5. The molecule has 0 spiro atoms. The summed E-state index contributed by atoms with van der Waals surface area (Å²) in [6.07, 6.45) is -0.446. The number of fused-ring (bicyclic) bond motifs is 9. The molecule has 0 radical (unpaired) electrons. The van der Waals surface area contributed by atoms with Gasteiger partial charge in [0.05, 0.1) is 16.6 Å². The van der Waals surface area contributed by atoms with Gasteiger partial charge in [-0.2, -0.15) is 0 Å². The molecule has 1 N–H and O–H groups in total. The van der Waals surface area contributed by atoms with E-state index >= 15 is 0 Å². The van der Waals surface area contributed by atoms with Gasteiger partial charge in [0.1, 0.15) is 17.0 Å². The SMILES string of the molecule is c1ccc(C2=NC(c3cccc4c3oc3cccc(-c5cccc6c5sc5ccccc56)c34)=NC(n3c4ccccc4c4ccccc43)N2)cc1. The van der Waals surface area contributed by atoms with Crippen molar-refractivity contribution in [2.75, 3.05) is 0 Å². The van der Waals surface area contributed by atoms with Crippen LogP contribution in [0.15, 0.2) is 172 Å². The number of hydrogen-bond donors (Lipinski definition) is 1. The number of aromatic nitrogens is 1. The molecular weight excluding hydrogens is 645 g/mol. The third-order valence-corrected chi connectivity index (χ3v) is 11.3. The Morgan fingerprint density at radius 2 is 1.18 bits per heavy atom. The van der Waals surface area contributed by atoms with Gasteiger partial charge in [-0.1, -0.05) is 127 Å². The largest absolute Gasteiger partial charge is 0.455 e. The molecule has 0 fully saturated rings. The lowest BCUT2D eigenvalue weighted by Gasteiger charge is -2.25. The topological polar surface area (TPSA) is 54.8 Å². The molecular formula is C45H28N4OS. The molecule has 11 rings (SSSR count). The van der Waals surface area contributed by atoms with Crippen LogP contribution in [0.5, 0.6) is 0 Å². The minimum absolute atomic E-state index is 0.446. The number of benzene rings is 7. The van der Waals surface area contributed by atoms with E-state index in [0.29, 0.717) is 5.84 Å². The summed E-state index contributed by atoms with van der Waals surface area (Å²) in [7, 11) is 0. The number of amidine groups is 2. The van der Waals surface area contributed by atoms with E-state index in [1.807, 2.05) is 29.5 Å². The highest BCUT2D eigenvalue weighted by Gasteiger charge is 2.26. The molecule has 6 heteroatoms. The van der Waals surface area contributed by atoms with Gasteiger partial charge < -0.3 is 14.3 Å². The van der Waals surface area contributed by atoms with Crippen molar-refractivity contribution in [1.29, 1.82) is 0 Å². The van der Waals surface area contributed by atoms with E-state index in [2.05, 4.69) is 149 Å². The minimum atomic E-state index is -0.446. The Hall–Kier alpha value is -6.50. The summed E-state index contributed by atoms with van der Waals surface area (Å²) in [5.74, 6) is 1.38. The second-order valence-corrected chi connectivity index (χ2v) is 14.0. The van der Waals surface area contributed by atoms with Gasteiger partial charge in [-0.05, 0) is 35.9 Å². The second-order valence-electron chi connectivity index (χ2n) is 12.9. The molecule has 240 valence electrons. The van der Waals surface area contributed by atoms with Crippen molar-refractivity contribution in [2.24, 2.45) is 9.98 Å². The summed E-state index contributed by atoms with van der Waals surface area (Å²) in [5.41, 5.74) is 8.05. The van der Waals surface area contributed by atoms with Crippen LogP contribution in [0.4, 0.5) is 0 Å². The summed E-state index contributed by atoms with van der Waals surface area (Å²) in [4.78, 5) is 10.6. The van der Waals surface area contributed by atoms with Crippen molar-refractivity contribution in [3.63, 3.8) is 0 Å². The van der Waals surface area contributed by atoms with Crippen LogP contribution >= 0.6 is 11.3 Å². The van der Waals surface area contributed by atoms with Crippen LogP contribution in [-0.2, 0) is 0 Å². The maximum atomic E-state index is 6.80. The summed E-state index contributed by atoms with van der Waals surface area (Å²) >= 11 is 1.85. The molecule has 10 aromatic rings. The Morgan fingerprint density at radius 1 is 0.549 bits per heavy atom. The molecule has 3 aromatic heterocycles. The number of hydrogen-bond acceptors (Lipinski definition) is 5. The molecule has 51 heavy (non-hydrogen) atoms. The van der Waals surface area contributed by atoms with Crippen LogP contribution in [0.3, 0.4) is 0 Å². The Kier molecular flexibility index (Phi) is 6.12. The molecule has 0 aliphatic carbocycles. The lowest BCUT2D eigenvalue weighted by atomic mass is 9.97. The average molecular weight is 673 g/mol. The monoisotopic (exact) mass is 672 g/mol. The molecule has 0 amide bonds. The number of para-hydroxylation sites is 3. The average Bonchev–Trinajstić information content (AvgIpc) is 3.88. The Morgan fingerprint density at radius 3 is 1.98 bits per heavy atom. The van der Waals surface area contributed by atoms with Gasteiger partial charge in [-0.25, -0.2) is 9.98 Å². The predicted molar refractivity (Wildman–Crippen MR) is 213 cm³/mol. The van der Waals surface area contributed by atoms with Crippen LogP contribution in [0.1, 0.15) is 17.4 Å². The van der Waals surface area contributed by atoms with Crippen LogP contribution in [-0.4, -0.2) is 16.2 Å². The minimum Gasteiger partial charge on any atom is -0.455 e. The normalized spacial score (nSPS) is 14.9. The van der Waals surface area contributed by atoms with Gasteiger partial charge in [0, 0.05) is 52.8 Å². The van der Waals surface area contributed by atoms with E-state index in [-0.39, 0.29) is 0 Å². The Bertz CT molecular complexity index is 3020. The van der Waals surface area contributed by atoms with Crippen LogP contribution < -0.4 is 5.32 Å². The third-order valence-electron chi connectivity index (χ3n) is 10.1. The van der Waals surface area contributed by atoms with Crippen LogP contribution in [0.2, 0.25) is 0 Å². The number of rotatable bonds is 4. The van der Waals surface area contributed by atoms with Crippen molar-refractivity contribution in [3.05, 3.63) is 169 Å². The Labute approximate surface area is 296 Å². The first kappa shape index (κ1) is 28.3. The molecule has 1 aliphatic heterocycles. The zero-order valence-corrected chi connectivity index (χ0v) is 28.1. The standard InChI is InChI=1S/C45H28N4OS/c1-2-13-27(14-3-1)43-46-44(48-45(47-43)49-36-23-7-4-15-28(36)29-16-5-8-24-37(29)49)35-22-11-21-34-40-31(18-12-25-38(40)50-41(34)35)33-20-10-19-32-30-17-6-9-26-39(30)51-42(32)33/h1-26,45H,(H,46,47,48). The zero-order valence-electron chi connectivity index (χ0n) is 27.2. The van der Waals surface area contributed by atoms with Gasteiger partial charge in [-0.15, -0.1) is 11.3 Å². The lowest BCUT2D eigenvalue weighted by molar-refractivity contribution is 0.515. The van der Waals surface area contributed by atoms with Gasteiger partial charge in [0.25, 0.3) is 0 Å². The second kappa shape index (κ2) is 11.0. The quantitative estimate of drug-likeness (QED) is 0.202. The van der Waals surface area contributed by atoms with Crippen molar-refractivity contribution in [1.82, 2.24) is 9.88 Å². The first-order valence-electron chi connectivity index (χ1n) is 17.1. The van der Waals surface area contributed by atoms with Gasteiger partial charge in [-0.3, -0.25) is 0 Å². The number of furan rings is 1. The number of thiophene rings is 1. The third kappa shape index (κ3) is 4.27.